The summed E-state index contributed by atoms with van der Waals surface area (Å²) < 4.78 is 0. The molecule has 0 fully saturated rings. The highest BCUT2D eigenvalue weighted by Gasteiger charge is 2.13. The van der Waals surface area contributed by atoms with E-state index in [1.165, 1.54) is 24.4 Å². The summed E-state index contributed by atoms with van der Waals surface area (Å²) in [7, 11) is 0. The van der Waals surface area contributed by atoms with Gasteiger partial charge in [-0.15, -0.1) is 0 Å². The summed E-state index contributed by atoms with van der Waals surface area (Å²) in [5.74, 6) is -0.477. The second-order valence-corrected chi connectivity index (χ2v) is 4.95. The number of aromatic amines is 1. The first-order valence-corrected chi connectivity index (χ1v) is 7.17. The van der Waals surface area contributed by atoms with Crippen LogP contribution < -0.4 is 5.43 Å². The summed E-state index contributed by atoms with van der Waals surface area (Å²) in [5, 5.41) is 21.3. The first-order chi connectivity index (χ1) is 12.1. The molecule has 9 heteroatoms. The van der Waals surface area contributed by atoms with E-state index in [0.29, 0.717) is 11.3 Å². The highest BCUT2D eigenvalue weighted by molar-refractivity contribution is 5.94. The molecule has 2 aromatic heterocycles. The van der Waals surface area contributed by atoms with E-state index >= 15 is 0 Å². The van der Waals surface area contributed by atoms with E-state index in [9.17, 15) is 14.9 Å². The summed E-state index contributed by atoms with van der Waals surface area (Å²) in [4.78, 5) is 26.3. The molecule has 0 radical (unpaired) electrons. The Morgan fingerprint density at radius 1 is 1.24 bits per heavy atom. The van der Waals surface area contributed by atoms with Crippen LogP contribution in [0.4, 0.5) is 5.69 Å². The number of nitro groups is 1. The fourth-order valence-electron chi connectivity index (χ4n) is 2.04. The van der Waals surface area contributed by atoms with Gasteiger partial charge in [-0.2, -0.15) is 10.2 Å². The molecule has 1 aromatic carbocycles. The van der Waals surface area contributed by atoms with Crippen LogP contribution in [0.3, 0.4) is 0 Å². The van der Waals surface area contributed by atoms with Gasteiger partial charge in [0, 0.05) is 30.1 Å². The maximum Gasteiger partial charge on any atom is 0.289 e. The van der Waals surface area contributed by atoms with Crippen LogP contribution in [0.5, 0.6) is 0 Å². The summed E-state index contributed by atoms with van der Waals surface area (Å²) in [6.07, 6.45) is 4.71. The van der Waals surface area contributed by atoms with E-state index in [0.717, 1.165) is 5.56 Å². The monoisotopic (exact) mass is 336 g/mol. The number of hydrogen-bond donors (Lipinski definition) is 2. The summed E-state index contributed by atoms with van der Waals surface area (Å²) in [5.41, 5.74) is 4.26. The minimum atomic E-state index is -0.489. The zero-order valence-corrected chi connectivity index (χ0v) is 12.8. The van der Waals surface area contributed by atoms with Crippen molar-refractivity contribution in [1.29, 1.82) is 0 Å². The molecule has 0 spiro atoms. The Morgan fingerprint density at radius 3 is 2.80 bits per heavy atom. The van der Waals surface area contributed by atoms with Gasteiger partial charge >= 0.3 is 0 Å². The minimum Gasteiger partial charge on any atom is -0.272 e. The van der Waals surface area contributed by atoms with Gasteiger partial charge in [0.25, 0.3) is 11.6 Å². The highest BCUT2D eigenvalue weighted by Crippen LogP contribution is 2.22. The van der Waals surface area contributed by atoms with Crippen molar-refractivity contribution in [2.75, 3.05) is 0 Å². The lowest BCUT2D eigenvalue weighted by Crippen LogP contribution is -2.17. The normalized spacial score (nSPS) is 10.7. The van der Waals surface area contributed by atoms with E-state index < -0.39 is 10.8 Å². The number of non-ortho nitro benzene ring substituents is 1. The SMILES string of the molecule is O=C(N/N=C\c1ccncc1)c1cc(-c2cccc([N+](=O)[O-])c2)n[nH]1. The molecular weight excluding hydrogens is 324 g/mol. The Labute approximate surface area is 141 Å². The van der Waals surface area contributed by atoms with Crippen LogP contribution in [0, 0.1) is 10.1 Å². The Hall–Kier alpha value is -3.88. The average Bonchev–Trinajstić information content (AvgIpc) is 3.13. The van der Waals surface area contributed by atoms with Crippen LogP contribution in [0.1, 0.15) is 16.1 Å². The predicted molar refractivity (Wildman–Crippen MR) is 90.0 cm³/mol. The fourth-order valence-corrected chi connectivity index (χ4v) is 2.04. The van der Waals surface area contributed by atoms with Gasteiger partial charge < -0.3 is 0 Å². The number of pyridine rings is 1. The van der Waals surface area contributed by atoms with Gasteiger partial charge in [-0.25, -0.2) is 5.43 Å². The Morgan fingerprint density at radius 2 is 2.04 bits per heavy atom. The van der Waals surface area contributed by atoms with E-state index in [1.54, 1.807) is 36.7 Å². The van der Waals surface area contributed by atoms with Gasteiger partial charge in [0.15, 0.2) is 0 Å². The summed E-state index contributed by atoms with van der Waals surface area (Å²) >= 11 is 0. The lowest BCUT2D eigenvalue weighted by molar-refractivity contribution is -0.384. The van der Waals surface area contributed by atoms with Gasteiger partial charge in [-0.1, -0.05) is 12.1 Å². The van der Waals surface area contributed by atoms with Gasteiger partial charge in [-0.05, 0) is 23.8 Å². The van der Waals surface area contributed by atoms with Crippen LogP contribution >= 0.6 is 0 Å². The summed E-state index contributed by atoms with van der Waals surface area (Å²) in [6.45, 7) is 0. The number of amides is 1. The predicted octanol–water partition coefficient (Wildman–Crippen LogP) is 2.14. The summed E-state index contributed by atoms with van der Waals surface area (Å²) in [6, 6.07) is 11.0. The number of nitrogens with zero attached hydrogens (tertiary/aromatic N) is 4. The zero-order valence-electron chi connectivity index (χ0n) is 12.8. The van der Waals surface area contributed by atoms with E-state index in [4.69, 9.17) is 0 Å². The third-order valence-electron chi connectivity index (χ3n) is 3.26. The van der Waals surface area contributed by atoms with Crippen molar-refractivity contribution in [1.82, 2.24) is 20.6 Å². The quantitative estimate of drug-likeness (QED) is 0.419. The molecule has 2 heterocycles. The van der Waals surface area contributed by atoms with Crippen LogP contribution in [0.2, 0.25) is 0 Å². The Bertz CT molecular complexity index is 936. The van der Waals surface area contributed by atoms with E-state index in [1.807, 2.05) is 0 Å². The number of nitrogens with one attached hydrogen (secondary N) is 2. The molecule has 3 aromatic rings. The average molecular weight is 336 g/mol. The molecule has 2 N–H and O–H groups in total. The van der Waals surface area contributed by atoms with Crippen molar-refractivity contribution in [3.05, 3.63) is 76.2 Å². The number of hydrogen-bond acceptors (Lipinski definition) is 6. The zero-order chi connectivity index (χ0) is 17.6. The van der Waals surface area contributed by atoms with Crippen LogP contribution in [0.25, 0.3) is 11.3 Å². The van der Waals surface area contributed by atoms with Crippen LogP contribution in [0.15, 0.2) is 60.0 Å². The number of carbonyl (C=O) groups excluding carboxylic acids is 1. The van der Waals surface area contributed by atoms with Crippen molar-refractivity contribution in [2.45, 2.75) is 0 Å². The third kappa shape index (κ3) is 3.91. The second-order valence-electron chi connectivity index (χ2n) is 4.95. The first-order valence-electron chi connectivity index (χ1n) is 7.17. The molecule has 0 unspecified atom stereocenters. The molecule has 0 saturated heterocycles. The van der Waals surface area contributed by atoms with Gasteiger partial charge in [0.05, 0.1) is 16.8 Å². The van der Waals surface area contributed by atoms with Crippen molar-refractivity contribution in [3.8, 4) is 11.3 Å². The van der Waals surface area contributed by atoms with Crippen molar-refractivity contribution in [2.24, 2.45) is 5.10 Å². The maximum absolute atomic E-state index is 12.0. The molecule has 0 aliphatic heterocycles. The van der Waals surface area contributed by atoms with Crippen LogP contribution in [-0.2, 0) is 0 Å². The fraction of sp³-hybridized carbons (Fsp3) is 0. The lowest BCUT2D eigenvalue weighted by Gasteiger charge is -1.96. The number of nitro benzene ring substituents is 1. The van der Waals surface area contributed by atoms with Gasteiger partial charge in [-0.3, -0.25) is 25.0 Å². The molecule has 0 saturated carbocycles. The molecule has 0 aliphatic rings. The molecule has 9 nitrogen and oxygen atoms in total. The van der Waals surface area contributed by atoms with Crippen molar-refractivity contribution < 1.29 is 9.72 Å². The number of benzene rings is 1. The first kappa shape index (κ1) is 16.0. The van der Waals surface area contributed by atoms with Crippen LogP contribution in [-0.4, -0.2) is 32.2 Å². The number of H-pyrrole nitrogens is 1. The Balaban J connectivity index is 1.70. The third-order valence-corrected chi connectivity index (χ3v) is 3.26. The molecule has 0 atom stereocenters. The number of carbonyl (C=O) groups is 1. The van der Waals surface area contributed by atoms with E-state index in [-0.39, 0.29) is 11.4 Å². The van der Waals surface area contributed by atoms with Gasteiger partial charge in [0.2, 0.25) is 0 Å². The molecular formula is C16H12N6O3. The van der Waals surface area contributed by atoms with Gasteiger partial charge in [0.1, 0.15) is 5.69 Å². The number of hydrazone groups is 1. The molecule has 0 aliphatic carbocycles. The van der Waals surface area contributed by atoms with Crippen molar-refractivity contribution >= 4 is 17.8 Å². The number of aromatic nitrogens is 3. The second kappa shape index (κ2) is 7.13. The van der Waals surface area contributed by atoms with E-state index in [2.05, 4.69) is 25.7 Å². The van der Waals surface area contributed by atoms with Crippen molar-refractivity contribution in [3.63, 3.8) is 0 Å². The Kier molecular flexibility index (Phi) is 4.56. The molecule has 1 amide bonds. The minimum absolute atomic E-state index is 0.0477. The standard InChI is InChI=1S/C16H12N6O3/c23-16(21-18-10-11-4-6-17-7-5-11)15-9-14(19-20-15)12-2-1-3-13(8-12)22(24)25/h1-10H,(H,19,20)(H,21,23)/b18-10-. The molecule has 3 rings (SSSR count). The number of rotatable bonds is 5. The molecule has 124 valence electrons. The smallest absolute Gasteiger partial charge is 0.272 e. The maximum atomic E-state index is 12.0. The topological polar surface area (TPSA) is 126 Å². The molecule has 25 heavy (non-hydrogen) atoms. The molecule has 0 bridgehead atoms. The lowest BCUT2D eigenvalue weighted by atomic mass is 10.1. The highest BCUT2D eigenvalue weighted by atomic mass is 16.6. The largest absolute Gasteiger partial charge is 0.289 e.